The molecule has 0 saturated carbocycles. The standard InChI is InChI=1S/C15H22BrNO/c1-9-8-10(2)13(11(3)12(9)16)17(7)14(18)15(4,5)6/h8H,1-7H3. The Bertz CT molecular complexity index is 486. The van der Waals surface area contributed by atoms with Crippen molar-refractivity contribution >= 4 is 27.5 Å². The summed E-state index contributed by atoms with van der Waals surface area (Å²) < 4.78 is 1.08. The quantitative estimate of drug-likeness (QED) is 0.753. The molecule has 0 N–H and O–H groups in total. The zero-order valence-electron chi connectivity index (χ0n) is 12.3. The van der Waals surface area contributed by atoms with Gasteiger partial charge in [0.05, 0.1) is 5.69 Å². The van der Waals surface area contributed by atoms with Crippen LogP contribution in [0.3, 0.4) is 0 Å². The first kappa shape index (κ1) is 15.2. The van der Waals surface area contributed by atoms with Crippen LogP contribution in [-0.2, 0) is 4.79 Å². The van der Waals surface area contributed by atoms with Crippen molar-refractivity contribution in [2.75, 3.05) is 11.9 Å². The molecule has 3 heteroatoms. The molecule has 0 unspecified atom stereocenters. The van der Waals surface area contributed by atoms with Crippen molar-refractivity contribution in [3.05, 3.63) is 27.2 Å². The molecule has 0 aliphatic carbocycles. The van der Waals surface area contributed by atoms with Gasteiger partial charge in [0, 0.05) is 16.9 Å². The molecule has 18 heavy (non-hydrogen) atoms. The first-order valence-corrected chi connectivity index (χ1v) is 6.91. The van der Waals surface area contributed by atoms with Crippen LogP contribution in [-0.4, -0.2) is 13.0 Å². The first-order valence-electron chi connectivity index (χ1n) is 6.11. The van der Waals surface area contributed by atoms with Crippen LogP contribution in [0, 0.1) is 26.2 Å². The molecule has 0 aromatic heterocycles. The molecular weight excluding hydrogens is 290 g/mol. The van der Waals surface area contributed by atoms with Crippen molar-refractivity contribution in [3.63, 3.8) is 0 Å². The third-order valence-corrected chi connectivity index (χ3v) is 4.34. The highest BCUT2D eigenvalue weighted by molar-refractivity contribution is 9.10. The Morgan fingerprint density at radius 3 is 2.11 bits per heavy atom. The van der Waals surface area contributed by atoms with Crippen LogP contribution in [0.4, 0.5) is 5.69 Å². The molecule has 1 aromatic carbocycles. The molecule has 1 rings (SSSR count). The average Bonchev–Trinajstić information content (AvgIpc) is 2.23. The lowest BCUT2D eigenvalue weighted by atomic mass is 9.93. The van der Waals surface area contributed by atoms with Crippen LogP contribution >= 0.6 is 15.9 Å². The van der Waals surface area contributed by atoms with Crippen LogP contribution < -0.4 is 4.90 Å². The fraction of sp³-hybridized carbons (Fsp3) is 0.533. The van der Waals surface area contributed by atoms with E-state index in [2.05, 4.69) is 28.9 Å². The van der Waals surface area contributed by atoms with E-state index in [9.17, 15) is 4.79 Å². The van der Waals surface area contributed by atoms with Crippen molar-refractivity contribution in [3.8, 4) is 0 Å². The molecule has 0 heterocycles. The van der Waals surface area contributed by atoms with E-state index in [0.717, 1.165) is 21.3 Å². The number of carbonyl (C=O) groups excluding carboxylic acids is 1. The minimum atomic E-state index is -0.370. The number of rotatable bonds is 1. The second-order valence-corrected chi connectivity index (χ2v) is 6.71. The molecule has 1 amide bonds. The lowest BCUT2D eigenvalue weighted by Crippen LogP contribution is -2.37. The Morgan fingerprint density at radius 2 is 1.67 bits per heavy atom. The van der Waals surface area contributed by atoms with Crippen LogP contribution in [0.1, 0.15) is 37.5 Å². The fourth-order valence-electron chi connectivity index (χ4n) is 2.27. The molecule has 2 nitrogen and oxygen atoms in total. The van der Waals surface area contributed by atoms with E-state index in [1.165, 1.54) is 5.56 Å². The van der Waals surface area contributed by atoms with E-state index in [1.807, 2.05) is 41.7 Å². The largest absolute Gasteiger partial charge is 0.314 e. The maximum Gasteiger partial charge on any atom is 0.232 e. The molecule has 0 spiro atoms. The predicted molar refractivity (Wildman–Crippen MR) is 81.2 cm³/mol. The van der Waals surface area contributed by atoms with E-state index < -0.39 is 0 Å². The summed E-state index contributed by atoms with van der Waals surface area (Å²) >= 11 is 3.59. The molecule has 0 aliphatic rings. The minimum absolute atomic E-state index is 0.129. The highest BCUT2D eigenvalue weighted by Crippen LogP contribution is 2.34. The maximum absolute atomic E-state index is 12.4. The van der Waals surface area contributed by atoms with E-state index in [-0.39, 0.29) is 11.3 Å². The van der Waals surface area contributed by atoms with Gasteiger partial charge in [0.2, 0.25) is 5.91 Å². The van der Waals surface area contributed by atoms with Gasteiger partial charge in [0.25, 0.3) is 0 Å². The Morgan fingerprint density at radius 1 is 1.17 bits per heavy atom. The van der Waals surface area contributed by atoms with Gasteiger partial charge >= 0.3 is 0 Å². The van der Waals surface area contributed by atoms with Crippen LogP contribution in [0.2, 0.25) is 0 Å². The maximum atomic E-state index is 12.4. The summed E-state index contributed by atoms with van der Waals surface area (Å²) in [5, 5.41) is 0. The average molecular weight is 312 g/mol. The van der Waals surface area contributed by atoms with E-state index >= 15 is 0 Å². The topological polar surface area (TPSA) is 20.3 Å². The predicted octanol–water partition coefficient (Wildman–Crippen LogP) is 4.38. The van der Waals surface area contributed by atoms with Gasteiger partial charge in [-0.2, -0.15) is 0 Å². The summed E-state index contributed by atoms with van der Waals surface area (Å²) in [7, 11) is 1.85. The number of anilines is 1. The number of nitrogens with zero attached hydrogens (tertiary/aromatic N) is 1. The van der Waals surface area contributed by atoms with Crippen molar-refractivity contribution in [1.29, 1.82) is 0 Å². The van der Waals surface area contributed by atoms with Gasteiger partial charge in [-0.15, -0.1) is 0 Å². The number of carbonyl (C=O) groups is 1. The lowest BCUT2D eigenvalue weighted by Gasteiger charge is -2.29. The molecule has 0 atom stereocenters. The van der Waals surface area contributed by atoms with E-state index in [4.69, 9.17) is 0 Å². The van der Waals surface area contributed by atoms with Crippen molar-refractivity contribution in [1.82, 2.24) is 0 Å². The van der Waals surface area contributed by atoms with Crippen LogP contribution in [0.25, 0.3) is 0 Å². The summed E-state index contributed by atoms with van der Waals surface area (Å²) in [5.74, 6) is 0.129. The van der Waals surface area contributed by atoms with Gasteiger partial charge in [0.15, 0.2) is 0 Å². The van der Waals surface area contributed by atoms with Crippen LogP contribution in [0.15, 0.2) is 10.5 Å². The Hall–Kier alpha value is -0.830. The second-order valence-electron chi connectivity index (χ2n) is 5.91. The molecule has 0 saturated heterocycles. The third kappa shape index (κ3) is 2.77. The molecule has 1 aromatic rings. The number of amides is 1. The second kappa shape index (κ2) is 5.04. The van der Waals surface area contributed by atoms with Gasteiger partial charge < -0.3 is 4.90 Å². The number of halogens is 1. The zero-order valence-corrected chi connectivity index (χ0v) is 13.9. The summed E-state index contributed by atoms with van der Waals surface area (Å²) in [6, 6.07) is 2.11. The summed E-state index contributed by atoms with van der Waals surface area (Å²) in [6.07, 6.45) is 0. The monoisotopic (exact) mass is 311 g/mol. The number of hydrogen-bond acceptors (Lipinski definition) is 1. The molecule has 0 fully saturated rings. The normalized spacial score (nSPS) is 11.6. The van der Waals surface area contributed by atoms with Gasteiger partial charge in [-0.3, -0.25) is 4.79 Å². The number of hydrogen-bond donors (Lipinski definition) is 0. The summed E-state index contributed by atoms with van der Waals surface area (Å²) in [4.78, 5) is 14.1. The smallest absolute Gasteiger partial charge is 0.232 e. The molecule has 0 radical (unpaired) electrons. The minimum Gasteiger partial charge on any atom is -0.314 e. The molecule has 0 aliphatic heterocycles. The molecule has 100 valence electrons. The lowest BCUT2D eigenvalue weighted by molar-refractivity contribution is -0.125. The number of aryl methyl sites for hydroxylation is 2. The third-order valence-electron chi connectivity index (χ3n) is 3.12. The highest BCUT2D eigenvalue weighted by Gasteiger charge is 2.27. The fourth-order valence-corrected chi connectivity index (χ4v) is 2.57. The summed E-state index contributed by atoms with van der Waals surface area (Å²) in [6.45, 7) is 12.0. The van der Waals surface area contributed by atoms with Gasteiger partial charge in [-0.25, -0.2) is 0 Å². The van der Waals surface area contributed by atoms with Crippen LogP contribution in [0.5, 0.6) is 0 Å². The molecule has 0 bridgehead atoms. The van der Waals surface area contributed by atoms with E-state index in [1.54, 1.807) is 4.90 Å². The van der Waals surface area contributed by atoms with Gasteiger partial charge in [-0.1, -0.05) is 42.8 Å². The van der Waals surface area contributed by atoms with Crippen molar-refractivity contribution in [2.45, 2.75) is 41.5 Å². The Balaban J connectivity index is 3.35. The van der Waals surface area contributed by atoms with Gasteiger partial charge in [-0.05, 0) is 37.5 Å². The zero-order chi connectivity index (χ0) is 14.2. The Labute approximate surface area is 119 Å². The van der Waals surface area contributed by atoms with Gasteiger partial charge in [0.1, 0.15) is 0 Å². The number of benzene rings is 1. The highest BCUT2D eigenvalue weighted by atomic mass is 79.9. The van der Waals surface area contributed by atoms with Crippen molar-refractivity contribution < 1.29 is 4.79 Å². The molecular formula is C15H22BrNO. The first-order chi connectivity index (χ1) is 8.07. The van der Waals surface area contributed by atoms with E-state index in [0.29, 0.717) is 0 Å². The van der Waals surface area contributed by atoms with Crippen molar-refractivity contribution in [2.24, 2.45) is 5.41 Å². The summed E-state index contributed by atoms with van der Waals surface area (Å²) in [5.41, 5.74) is 4.09. The Kier molecular flexibility index (Phi) is 4.26. The SMILES string of the molecule is Cc1cc(C)c(N(C)C(=O)C(C)(C)C)c(C)c1Br.